The number of aromatic nitrogens is 1. The summed E-state index contributed by atoms with van der Waals surface area (Å²) in [6, 6.07) is 13.3. The van der Waals surface area contributed by atoms with Gasteiger partial charge in [-0.1, -0.05) is 42.5 Å². The van der Waals surface area contributed by atoms with Crippen LogP contribution in [0.5, 0.6) is 0 Å². The van der Waals surface area contributed by atoms with E-state index in [1.807, 2.05) is 42.5 Å². The van der Waals surface area contributed by atoms with Gasteiger partial charge in [-0.15, -0.1) is 11.3 Å². The van der Waals surface area contributed by atoms with Gasteiger partial charge in [-0.25, -0.2) is 4.98 Å². The Bertz CT molecular complexity index is 837. The number of anilines is 1. The maximum Gasteiger partial charge on any atom is 0.471 e. The van der Waals surface area contributed by atoms with Crippen LogP contribution in [0.3, 0.4) is 0 Å². The molecule has 2 aromatic carbocycles. The summed E-state index contributed by atoms with van der Waals surface area (Å²) in [5, 5.41) is 5.26. The highest BCUT2D eigenvalue weighted by Crippen LogP contribution is 2.31. The van der Waals surface area contributed by atoms with Gasteiger partial charge in [0.1, 0.15) is 0 Å². The third-order valence-electron chi connectivity index (χ3n) is 3.05. The highest BCUT2D eigenvalue weighted by atomic mass is 32.1. The summed E-state index contributed by atoms with van der Waals surface area (Å²) in [6.45, 7) is 0. The Balaban J connectivity index is 1.95. The summed E-state index contributed by atoms with van der Waals surface area (Å²) in [5.41, 5.74) is 1.33. The van der Waals surface area contributed by atoms with Crippen molar-refractivity contribution in [1.29, 1.82) is 0 Å². The first kappa shape index (κ1) is 14.5. The van der Waals surface area contributed by atoms with Gasteiger partial charge < -0.3 is 0 Å². The van der Waals surface area contributed by atoms with Crippen molar-refractivity contribution >= 4 is 33.1 Å². The smallest absolute Gasteiger partial charge is 0.294 e. The molecule has 0 radical (unpaired) electrons. The zero-order chi connectivity index (χ0) is 15.7. The van der Waals surface area contributed by atoms with Crippen LogP contribution >= 0.6 is 11.3 Å². The van der Waals surface area contributed by atoms with Gasteiger partial charge >= 0.3 is 12.1 Å². The second kappa shape index (κ2) is 5.42. The van der Waals surface area contributed by atoms with Crippen LogP contribution in [0.25, 0.3) is 22.0 Å². The first-order chi connectivity index (χ1) is 10.4. The number of nitrogens with zero attached hydrogens (tertiary/aromatic N) is 1. The minimum absolute atomic E-state index is 0.0785. The molecule has 0 aliphatic carbocycles. The number of hydrogen-bond donors (Lipinski definition) is 1. The zero-order valence-corrected chi connectivity index (χ0v) is 11.8. The molecule has 0 aliphatic heterocycles. The standard InChI is InChI=1S/C15H9F3N2OS/c16-15(17,18)13(21)20-14-19-12(8-22-14)11-7-3-5-9-4-1-2-6-10(9)11/h1-8H,(H,19,20,21). The summed E-state index contributed by atoms with van der Waals surface area (Å²) < 4.78 is 36.7. The number of halogens is 3. The third-order valence-corrected chi connectivity index (χ3v) is 3.81. The van der Waals surface area contributed by atoms with Crippen LogP contribution < -0.4 is 5.32 Å². The monoisotopic (exact) mass is 322 g/mol. The number of benzene rings is 2. The number of carbonyl (C=O) groups is 1. The maximum absolute atomic E-state index is 12.2. The minimum Gasteiger partial charge on any atom is -0.294 e. The molecule has 0 unspecified atom stereocenters. The highest BCUT2D eigenvalue weighted by Gasteiger charge is 2.39. The maximum atomic E-state index is 12.2. The Morgan fingerprint density at radius 1 is 1.09 bits per heavy atom. The molecule has 0 spiro atoms. The highest BCUT2D eigenvalue weighted by molar-refractivity contribution is 7.14. The summed E-state index contributed by atoms with van der Waals surface area (Å²) in [7, 11) is 0. The topological polar surface area (TPSA) is 42.0 Å². The quantitative estimate of drug-likeness (QED) is 0.756. The number of carbonyl (C=O) groups excluding carboxylic acids is 1. The van der Waals surface area contributed by atoms with Crippen LogP contribution in [0.4, 0.5) is 18.3 Å². The van der Waals surface area contributed by atoms with Gasteiger partial charge in [0.15, 0.2) is 5.13 Å². The number of hydrogen-bond acceptors (Lipinski definition) is 3. The fourth-order valence-corrected chi connectivity index (χ4v) is 2.78. The lowest BCUT2D eigenvalue weighted by Crippen LogP contribution is -2.29. The Morgan fingerprint density at radius 2 is 1.82 bits per heavy atom. The van der Waals surface area contributed by atoms with E-state index in [4.69, 9.17) is 0 Å². The van der Waals surface area contributed by atoms with Gasteiger partial charge in [0.25, 0.3) is 0 Å². The van der Waals surface area contributed by atoms with Crippen molar-refractivity contribution in [3.8, 4) is 11.3 Å². The molecule has 0 saturated heterocycles. The molecule has 22 heavy (non-hydrogen) atoms. The van der Waals surface area contributed by atoms with Crippen molar-refractivity contribution < 1.29 is 18.0 Å². The normalized spacial score (nSPS) is 11.6. The fraction of sp³-hybridized carbons (Fsp3) is 0.0667. The summed E-state index contributed by atoms with van der Waals surface area (Å²) in [4.78, 5) is 15.0. The molecule has 0 atom stereocenters. The van der Waals surface area contributed by atoms with Crippen molar-refractivity contribution in [3.63, 3.8) is 0 Å². The van der Waals surface area contributed by atoms with Crippen LogP contribution in [0.15, 0.2) is 47.8 Å². The Hall–Kier alpha value is -2.41. The fourth-order valence-electron chi connectivity index (χ4n) is 2.07. The molecule has 3 aromatic rings. The number of rotatable bonds is 2. The van der Waals surface area contributed by atoms with Crippen molar-refractivity contribution in [2.45, 2.75) is 6.18 Å². The Morgan fingerprint density at radius 3 is 2.59 bits per heavy atom. The van der Waals surface area contributed by atoms with Crippen LogP contribution in [-0.4, -0.2) is 17.1 Å². The van der Waals surface area contributed by atoms with Crippen LogP contribution in [0, 0.1) is 0 Å². The average molecular weight is 322 g/mol. The number of nitrogens with one attached hydrogen (secondary N) is 1. The van der Waals surface area contributed by atoms with Crippen molar-refractivity contribution in [1.82, 2.24) is 4.98 Å². The van der Waals surface area contributed by atoms with E-state index >= 15 is 0 Å². The number of thiazole rings is 1. The first-order valence-electron chi connectivity index (χ1n) is 6.27. The van der Waals surface area contributed by atoms with E-state index in [2.05, 4.69) is 4.98 Å². The third kappa shape index (κ3) is 2.80. The van der Waals surface area contributed by atoms with Crippen LogP contribution in [-0.2, 0) is 4.79 Å². The Labute approximate surface area is 127 Å². The zero-order valence-electron chi connectivity index (χ0n) is 11.0. The molecule has 3 rings (SSSR count). The molecule has 1 heterocycles. The first-order valence-corrected chi connectivity index (χ1v) is 7.15. The van der Waals surface area contributed by atoms with Gasteiger partial charge in [0.05, 0.1) is 5.69 Å². The van der Waals surface area contributed by atoms with Crippen molar-refractivity contribution in [2.24, 2.45) is 0 Å². The van der Waals surface area contributed by atoms with E-state index in [-0.39, 0.29) is 5.13 Å². The summed E-state index contributed by atoms with van der Waals surface area (Å²) in [6.07, 6.45) is -4.93. The van der Waals surface area contributed by atoms with Crippen molar-refractivity contribution in [3.05, 3.63) is 47.8 Å². The molecule has 3 nitrogen and oxygen atoms in total. The molecule has 112 valence electrons. The average Bonchev–Trinajstić information content (AvgIpc) is 2.94. The van der Waals surface area contributed by atoms with Gasteiger partial charge in [0, 0.05) is 10.9 Å². The molecular formula is C15H9F3N2OS. The van der Waals surface area contributed by atoms with E-state index in [1.165, 1.54) is 0 Å². The number of fused-ring (bicyclic) bond motifs is 1. The van der Waals surface area contributed by atoms with E-state index < -0.39 is 12.1 Å². The second-order valence-electron chi connectivity index (χ2n) is 4.52. The molecular weight excluding hydrogens is 313 g/mol. The van der Waals surface area contributed by atoms with Gasteiger partial charge in [-0.2, -0.15) is 13.2 Å². The van der Waals surface area contributed by atoms with Gasteiger partial charge in [-0.3, -0.25) is 10.1 Å². The molecule has 0 aliphatic rings. The van der Waals surface area contributed by atoms with Gasteiger partial charge in [0.2, 0.25) is 0 Å². The lowest BCUT2D eigenvalue weighted by molar-refractivity contribution is -0.167. The second-order valence-corrected chi connectivity index (χ2v) is 5.37. The SMILES string of the molecule is O=C(Nc1nc(-c2cccc3ccccc23)cs1)C(F)(F)F. The van der Waals surface area contributed by atoms with Crippen LogP contribution in [0.1, 0.15) is 0 Å². The van der Waals surface area contributed by atoms with E-state index in [1.54, 1.807) is 10.7 Å². The van der Waals surface area contributed by atoms with Crippen LogP contribution in [0.2, 0.25) is 0 Å². The van der Waals surface area contributed by atoms with E-state index in [9.17, 15) is 18.0 Å². The molecule has 0 fully saturated rings. The van der Waals surface area contributed by atoms with E-state index in [0.29, 0.717) is 5.69 Å². The predicted molar refractivity (Wildman–Crippen MR) is 79.7 cm³/mol. The largest absolute Gasteiger partial charge is 0.471 e. The summed E-state index contributed by atoms with van der Waals surface area (Å²) in [5.74, 6) is -2.02. The molecule has 7 heteroatoms. The predicted octanol–water partition coefficient (Wildman–Crippen LogP) is 4.46. The number of alkyl halides is 3. The van der Waals surface area contributed by atoms with E-state index in [0.717, 1.165) is 27.7 Å². The lowest BCUT2D eigenvalue weighted by atomic mass is 10.0. The van der Waals surface area contributed by atoms with Gasteiger partial charge in [-0.05, 0) is 10.8 Å². The molecule has 0 saturated carbocycles. The lowest BCUT2D eigenvalue weighted by Gasteiger charge is -2.05. The molecule has 1 amide bonds. The molecule has 1 aromatic heterocycles. The Kier molecular flexibility index (Phi) is 3.58. The molecule has 0 bridgehead atoms. The minimum atomic E-state index is -4.93. The number of amides is 1. The van der Waals surface area contributed by atoms with Crippen molar-refractivity contribution in [2.75, 3.05) is 5.32 Å². The molecule has 1 N–H and O–H groups in total. The summed E-state index contributed by atoms with van der Waals surface area (Å²) >= 11 is 0.954.